The quantitative estimate of drug-likeness (QED) is 0.904. The van der Waals surface area contributed by atoms with Gasteiger partial charge in [0.1, 0.15) is 0 Å². The Morgan fingerprint density at radius 2 is 1.95 bits per heavy atom. The van der Waals surface area contributed by atoms with Crippen LogP contribution in [0.5, 0.6) is 0 Å². The number of nitrogens with zero attached hydrogens (tertiary/aromatic N) is 1. The summed E-state index contributed by atoms with van der Waals surface area (Å²) in [6.07, 6.45) is 1.28. The Labute approximate surface area is 111 Å². The molecule has 106 valence electrons. The van der Waals surface area contributed by atoms with Crippen LogP contribution in [0.4, 0.5) is 13.2 Å². The molecule has 0 saturated heterocycles. The molecule has 0 aromatic carbocycles. The average Bonchev–Trinajstić information content (AvgIpc) is 2.39. The lowest BCUT2D eigenvalue weighted by atomic mass is 9.85. The van der Waals surface area contributed by atoms with Gasteiger partial charge in [0.05, 0.1) is 5.92 Å². The van der Waals surface area contributed by atoms with Crippen molar-refractivity contribution in [3.63, 3.8) is 0 Å². The van der Waals surface area contributed by atoms with Crippen molar-refractivity contribution in [1.82, 2.24) is 10.3 Å². The number of rotatable bonds is 3. The minimum absolute atomic E-state index is 0.0523. The molecule has 19 heavy (non-hydrogen) atoms. The second kappa shape index (κ2) is 5.90. The first-order chi connectivity index (χ1) is 8.97. The molecule has 2 unspecified atom stereocenters. The maximum atomic E-state index is 12.7. The molecular formula is C14H19F3N2. The highest BCUT2D eigenvalue weighted by molar-refractivity contribution is 5.14. The number of hydrogen-bond donors (Lipinski definition) is 1. The van der Waals surface area contributed by atoms with Crippen LogP contribution in [0.25, 0.3) is 0 Å². The molecule has 1 saturated carbocycles. The van der Waals surface area contributed by atoms with Crippen molar-refractivity contribution >= 4 is 0 Å². The summed E-state index contributed by atoms with van der Waals surface area (Å²) in [5, 5.41) is 3.31. The first kappa shape index (κ1) is 14.3. The molecule has 1 fully saturated rings. The van der Waals surface area contributed by atoms with E-state index in [0.717, 1.165) is 12.0 Å². The number of halogens is 3. The Morgan fingerprint density at radius 1 is 1.26 bits per heavy atom. The van der Waals surface area contributed by atoms with Gasteiger partial charge in [0.2, 0.25) is 0 Å². The van der Waals surface area contributed by atoms with E-state index < -0.39 is 12.1 Å². The first-order valence-corrected chi connectivity index (χ1v) is 6.69. The largest absolute Gasteiger partial charge is 0.391 e. The van der Waals surface area contributed by atoms with Crippen molar-refractivity contribution in [1.29, 1.82) is 0 Å². The molecule has 0 radical (unpaired) electrons. The van der Waals surface area contributed by atoms with Gasteiger partial charge in [0.25, 0.3) is 0 Å². The summed E-state index contributed by atoms with van der Waals surface area (Å²) in [6.45, 7) is 1.98. The van der Waals surface area contributed by atoms with E-state index in [2.05, 4.69) is 10.3 Å². The van der Waals surface area contributed by atoms with E-state index in [1.54, 1.807) is 12.4 Å². The minimum Gasteiger partial charge on any atom is -0.307 e. The molecular weight excluding hydrogens is 253 g/mol. The lowest BCUT2D eigenvalue weighted by Gasteiger charge is -2.33. The zero-order valence-electron chi connectivity index (χ0n) is 11.0. The average molecular weight is 272 g/mol. The lowest BCUT2D eigenvalue weighted by Crippen LogP contribution is -2.39. The molecule has 2 nitrogen and oxygen atoms in total. The molecule has 1 heterocycles. The Bertz CT molecular complexity index is 391. The fourth-order valence-corrected chi connectivity index (χ4v) is 2.74. The van der Waals surface area contributed by atoms with Gasteiger partial charge >= 0.3 is 6.18 Å². The molecule has 1 aliphatic rings. The van der Waals surface area contributed by atoms with Gasteiger partial charge in [-0.2, -0.15) is 13.2 Å². The summed E-state index contributed by atoms with van der Waals surface area (Å²) < 4.78 is 38.2. The SMILES string of the molecule is C[C@@H](NC1CCCC(C(F)(F)F)C1)c1ccncc1. The highest BCUT2D eigenvalue weighted by Gasteiger charge is 2.42. The van der Waals surface area contributed by atoms with Gasteiger partial charge in [-0.05, 0) is 43.9 Å². The summed E-state index contributed by atoms with van der Waals surface area (Å²) >= 11 is 0. The standard InChI is InChI=1S/C14H19F3N2/c1-10(11-5-7-18-8-6-11)19-13-4-2-3-12(9-13)14(15,16)17/h5-8,10,12-13,19H,2-4,9H2,1H3/t10-,12?,13?/m1/s1. The lowest BCUT2D eigenvalue weighted by molar-refractivity contribution is -0.183. The van der Waals surface area contributed by atoms with E-state index in [9.17, 15) is 13.2 Å². The van der Waals surface area contributed by atoms with Crippen molar-refractivity contribution in [3.8, 4) is 0 Å². The fraction of sp³-hybridized carbons (Fsp3) is 0.643. The zero-order valence-corrected chi connectivity index (χ0v) is 11.0. The Hall–Kier alpha value is -1.10. The van der Waals surface area contributed by atoms with Gasteiger partial charge in [0.15, 0.2) is 0 Å². The molecule has 0 amide bonds. The van der Waals surface area contributed by atoms with Crippen LogP contribution in [-0.4, -0.2) is 17.2 Å². The number of aromatic nitrogens is 1. The summed E-state index contributed by atoms with van der Waals surface area (Å²) in [5.74, 6) is -1.15. The van der Waals surface area contributed by atoms with Crippen molar-refractivity contribution in [2.24, 2.45) is 5.92 Å². The van der Waals surface area contributed by atoms with Crippen LogP contribution in [0.1, 0.15) is 44.2 Å². The molecule has 2 rings (SSSR count). The van der Waals surface area contributed by atoms with E-state index >= 15 is 0 Å². The number of nitrogens with one attached hydrogen (secondary N) is 1. The number of hydrogen-bond acceptors (Lipinski definition) is 2. The maximum absolute atomic E-state index is 12.7. The maximum Gasteiger partial charge on any atom is 0.391 e. The Balaban J connectivity index is 1.92. The Kier molecular flexibility index (Phi) is 4.45. The van der Waals surface area contributed by atoms with Crippen LogP contribution in [-0.2, 0) is 0 Å². The fourth-order valence-electron chi connectivity index (χ4n) is 2.74. The van der Waals surface area contributed by atoms with Gasteiger partial charge in [-0.25, -0.2) is 0 Å². The molecule has 0 bridgehead atoms. The topological polar surface area (TPSA) is 24.9 Å². The molecule has 5 heteroatoms. The molecule has 1 N–H and O–H groups in total. The van der Waals surface area contributed by atoms with Crippen LogP contribution >= 0.6 is 0 Å². The van der Waals surface area contributed by atoms with Crippen molar-refractivity contribution in [2.45, 2.75) is 50.9 Å². The minimum atomic E-state index is -4.06. The summed E-state index contributed by atoms with van der Waals surface area (Å²) in [5.41, 5.74) is 1.06. The summed E-state index contributed by atoms with van der Waals surface area (Å²) in [4.78, 5) is 3.94. The molecule has 0 spiro atoms. The second-order valence-corrected chi connectivity index (χ2v) is 5.27. The highest BCUT2D eigenvalue weighted by atomic mass is 19.4. The van der Waals surface area contributed by atoms with Gasteiger partial charge in [-0.1, -0.05) is 6.42 Å². The first-order valence-electron chi connectivity index (χ1n) is 6.69. The molecule has 3 atom stereocenters. The highest BCUT2D eigenvalue weighted by Crippen LogP contribution is 2.38. The van der Waals surface area contributed by atoms with E-state index in [-0.39, 0.29) is 24.9 Å². The number of pyridine rings is 1. The third kappa shape index (κ3) is 3.93. The molecule has 1 aliphatic carbocycles. The van der Waals surface area contributed by atoms with Gasteiger partial charge in [0, 0.05) is 24.5 Å². The van der Waals surface area contributed by atoms with E-state index in [4.69, 9.17) is 0 Å². The summed E-state index contributed by atoms with van der Waals surface area (Å²) in [7, 11) is 0. The summed E-state index contributed by atoms with van der Waals surface area (Å²) in [6, 6.07) is 3.78. The normalized spacial score (nSPS) is 26.1. The second-order valence-electron chi connectivity index (χ2n) is 5.27. The smallest absolute Gasteiger partial charge is 0.307 e. The van der Waals surface area contributed by atoms with E-state index in [1.807, 2.05) is 19.1 Å². The Morgan fingerprint density at radius 3 is 2.58 bits per heavy atom. The van der Waals surface area contributed by atoms with Gasteiger partial charge in [-0.3, -0.25) is 4.98 Å². The van der Waals surface area contributed by atoms with E-state index in [1.165, 1.54) is 0 Å². The monoisotopic (exact) mass is 272 g/mol. The molecule has 1 aromatic rings. The third-order valence-corrected chi connectivity index (χ3v) is 3.83. The van der Waals surface area contributed by atoms with Crippen LogP contribution in [0.2, 0.25) is 0 Å². The van der Waals surface area contributed by atoms with Crippen LogP contribution in [0.15, 0.2) is 24.5 Å². The van der Waals surface area contributed by atoms with Crippen LogP contribution in [0.3, 0.4) is 0 Å². The van der Waals surface area contributed by atoms with Crippen molar-refractivity contribution < 1.29 is 13.2 Å². The van der Waals surface area contributed by atoms with Gasteiger partial charge in [-0.15, -0.1) is 0 Å². The van der Waals surface area contributed by atoms with Gasteiger partial charge < -0.3 is 5.32 Å². The van der Waals surface area contributed by atoms with Crippen molar-refractivity contribution in [3.05, 3.63) is 30.1 Å². The predicted octanol–water partition coefficient (Wildman–Crippen LogP) is 3.85. The third-order valence-electron chi connectivity index (χ3n) is 3.83. The molecule has 0 aliphatic heterocycles. The van der Waals surface area contributed by atoms with Crippen LogP contribution in [0, 0.1) is 5.92 Å². The zero-order chi connectivity index (χ0) is 13.9. The van der Waals surface area contributed by atoms with Crippen LogP contribution < -0.4 is 5.32 Å². The van der Waals surface area contributed by atoms with E-state index in [0.29, 0.717) is 6.42 Å². The predicted molar refractivity (Wildman–Crippen MR) is 67.6 cm³/mol. The molecule has 1 aromatic heterocycles. The number of alkyl halides is 3. The van der Waals surface area contributed by atoms with Crippen molar-refractivity contribution in [2.75, 3.05) is 0 Å².